The van der Waals surface area contributed by atoms with Gasteiger partial charge in [0, 0.05) is 61.3 Å². The number of hydrogen-bond acceptors (Lipinski definition) is 5. The number of nitrogens with zero attached hydrogens (tertiary/aromatic N) is 5. The summed E-state index contributed by atoms with van der Waals surface area (Å²) in [4.78, 5) is 9.33. The van der Waals surface area contributed by atoms with Crippen LogP contribution >= 0.6 is 0 Å². The first-order chi connectivity index (χ1) is 27.7. The van der Waals surface area contributed by atoms with Gasteiger partial charge in [0.25, 0.3) is 0 Å². The number of aromatic nitrogens is 2. The van der Waals surface area contributed by atoms with Gasteiger partial charge in [0.1, 0.15) is 5.82 Å². The zero-order chi connectivity index (χ0) is 42.2. The van der Waals surface area contributed by atoms with Crippen LogP contribution in [0.5, 0.6) is 11.5 Å². The van der Waals surface area contributed by atoms with E-state index in [2.05, 4.69) is 189 Å². The third kappa shape index (κ3) is 7.97. The van der Waals surface area contributed by atoms with Crippen LogP contribution in [0.3, 0.4) is 0 Å². The molecule has 310 valence electrons. The molecule has 0 aliphatic carbocycles. The van der Waals surface area contributed by atoms with Crippen molar-refractivity contribution in [2.45, 2.75) is 105 Å². The normalized spacial score (nSPS) is 13.4. The first-order valence-electron chi connectivity index (χ1n) is 20.5. The summed E-state index contributed by atoms with van der Waals surface area (Å²) >= 11 is 0. The third-order valence-corrected chi connectivity index (χ3v) is 11.4. The molecule has 0 atom stereocenters. The van der Waals surface area contributed by atoms with Gasteiger partial charge in [-0.2, -0.15) is 11.3 Å². The topological polar surface area (TPSA) is 57.3 Å². The van der Waals surface area contributed by atoms with Crippen LogP contribution < -0.4 is 14.5 Å². The summed E-state index contributed by atoms with van der Waals surface area (Å²) in [6.45, 7) is 29.2. The largest absolute Gasteiger partial charge is 0.509 e. The minimum Gasteiger partial charge on any atom is -0.509 e. The van der Waals surface area contributed by atoms with Gasteiger partial charge in [0.2, 0.25) is 0 Å². The summed E-state index contributed by atoms with van der Waals surface area (Å²) < 4.78 is 8.72. The van der Waals surface area contributed by atoms with Crippen molar-refractivity contribution in [2.75, 3.05) is 9.80 Å². The monoisotopic (exact) mass is 971 g/mol. The van der Waals surface area contributed by atoms with Crippen LogP contribution in [0, 0.1) is 30.1 Å². The number of hydrogen-bond donors (Lipinski definition) is 0. The number of rotatable bonds is 5. The molecular weight excluding hydrogens is 918 g/mol. The molecule has 8 rings (SSSR count). The van der Waals surface area contributed by atoms with E-state index in [1.165, 1.54) is 16.7 Å². The molecule has 0 bridgehead atoms. The van der Waals surface area contributed by atoms with Crippen molar-refractivity contribution < 1.29 is 25.8 Å². The third-order valence-electron chi connectivity index (χ3n) is 11.4. The average Bonchev–Trinajstić information content (AvgIpc) is 3.72. The van der Waals surface area contributed by atoms with Gasteiger partial charge >= 0.3 is 0 Å². The van der Waals surface area contributed by atoms with Gasteiger partial charge in [-0.15, -0.1) is 42.7 Å². The Balaban J connectivity index is 0.00000544. The Kier molecular flexibility index (Phi) is 10.9. The molecule has 1 aliphatic heterocycles. The van der Waals surface area contributed by atoms with Crippen LogP contribution in [0.4, 0.5) is 22.7 Å². The Morgan fingerprint density at radius 2 is 1.27 bits per heavy atom. The van der Waals surface area contributed by atoms with E-state index >= 15 is 0 Å². The summed E-state index contributed by atoms with van der Waals surface area (Å²) in [5, 5.41) is 12.3. The number of anilines is 4. The summed E-state index contributed by atoms with van der Waals surface area (Å²) in [7, 11) is 0. The molecule has 0 fully saturated rings. The fourth-order valence-corrected chi connectivity index (χ4v) is 7.77. The van der Waals surface area contributed by atoms with E-state index in [0.29, 0.717) is 17.1 Å². The zero-order valence-corrected chi connectivity index (χ0v) is 39.1. The van der Waals surface area contributed by atoms with Crippen LogP contribution in [0.1, 0.15) is 111 Å². The first kappa shape index (κ1) is 42.7. The van der Waals surface area contributed by atoms with E-state index in [9.17, 15) is 5.26 Å². The van der Waals surface area contributed by atoms with Gasteiger partial charge in [-0.25, -0.2) is 4.98 Å². The molecular formula is C53H54N5OPt-3. The van der Waals surface area contributed by atoms with Gasteiger partial charge in [0.15, 0.2) is 0 Å². The average molecular weight is 972 g/mol. The van der Waals surface area contributed by atoms with Crippen molar-refractivity contribution in [3.8, 4) is 23.4 Å². The van der Waals surface area contributed by atoms with E-state index in [4.69, 9.17) is 9.72 Å². The Hall–Kier alpha value is -5.37. The number of fused-ring (bicyclic) bond motifs is 4. The molecule has 1 aliphatic rings. The summed E-state index contributed by atoms with van der Waals surface area (Å²) in [6.07, 6.45) is 1.85. The fourth-order valence-electron chi connectivity index (χ4n) is 7.77. The molecule has 5 aromatic carbocycles. The van der Waals surface area contributed by atoms with E-state index in [0.717, 1.165) is 55.9 Å². The van der Waals surface area contributed by atoms with Crippen molar-refractivity contribution in [2.24, 2.45) is 0 Å². The molecule has 0 radical (unpaired) electrons. The molecule has 0 spiro atoms. The Morgan fingerprint density at radius 3 is 1.92 bits per heavy atom. The predicted molar refractivity (Wildman–Crippen MR) is 244 cm³/mol. The standard InChI is InChI=1S/C53H54N5O.Pt/c1-50(2,3)35-20-21-45-46(28-35)56(33-57(45)40-26-37(52(7,8)9)25-38(27-40)53(10,11)12)39-16-15-17-41(30-39)59-42-24-34(32-54)49-43-18-13-14-19-44(43)58(47(49)31-42)48-29-36(22-23-55-48)51(4,5)6;/h13-29,33H,1-12H3;/q-3;. The molecule has 0 saturated heterocycles. The van der Waals surface area contributed by atoms with Crippen molar-refractivity contribution in [1.29, 1.82) is 5.26 Å². The molecule has 0 saturated carbocycles. The van der Waals surface area contributed by atoms with Crippen molar-refractivity contribution in [1.82, 2.24) is 9.55 Å². The smallest absolute Gasteiger partial charge is 0.135 e. The first-order valence-corrected chi connectivity index (χ1v) is 20.5. The maximum Gasteiger partial charge on any atom is 0.135 e. The second-order valence-corrected chi connectivity index (χ2v) is 20.0. The van der Waals surface area contributed by atoms with Crippen LogP contribution in [-0.2, 0) is 42.7 Å². The van der Waals surface area contributed by atoms with E-state index in [1.807, 2.05) is 30.5 Å². The van der Waals surface area contributed by atoms with Crippen molar-refractivity contribution >= 4 is 44.6 Å². The zero-order valence-electron chi connectivity index (χ0n) is 36.9. The summed E-state index contributed by atoms with van der Waals surface area (Å²) in [6, 6.07) is 43.5. The minimum absolute atomic E-state index is 0. The maximum atomic E-state index is 10.6. The van der Waals surface area contributed by atoms with Crippen molar-refractivity contribution in [3.63, 3.8) is 0 Å². The second-order valence-electron chi connectivity index (χ2n) is 20.0. The molecule has 7 heteroatoms. The van der Waals surface area contributed by atoms with Gasteiger partial charge < -0.3 is 19.1 Å². The molecule has 6 nitrogen and oxygen atoms in total. The molecule has 3 heterocycles. The maximum absolute atomic E-state index is 10.6. The molecule has 7 aromatic rings. The number of nitriles is 1. The number of pyridine rings is 1. The number of benzene rings is 5. The minimum atomic E-state index is -0.0719. The van der Waals surface area contributed by atoms with Gasteiger partial charge in [-0.1, -0.05) is 124 Å². The predicted octanol–water partition coefficient (Wildman–Crippen LogP) is 14.0. The van der Waals surface area contributed by atoms with E-state index in [-0.39, 0.29) is 42.7 Å². The van der Waals surface area contributed by atoms with Crippen LogP contribution in [0.25, 0.3) is 27.6 Å². The van der Waals surface area contributed by atoms with Crippen LogP contribution in [0.15, 0.2) is 103 Å². The van der Waals surface area contributed by atoms with Gasteiger partial charge in [-0.05, 0) is 97.3 Å². The van der Waals surface area contributed by atoms with Gasteiger partial charge in [0.05, 0.1) is 6.07 Å². The van der Waals surface area contributed by atoms with Crippen LogP contribution in [0.2, 0.25) is 0 Å². The second kappa shape index (κ2) is 15.3. The summed E-state index contributed by atoms with van der Waals surface area (Å²) in [5.74, 6) is 1.71. The Morgan fingerprint density at radius 1 is 0.617 bits per heavy atom. The molecule has 0 unspecified atom stereocenters. The molecule has 60 heavy (non-hydrogen) atoms. The fraction of sp³-hybridized carbons (Fsp3) is 0.302. The Bertz CT molecular complexity index is 2770. The number of ether oxygens (including phenoxy) is 1. The van der Waals surface area contributed by atoms with Crippen LogP contribution in [-0.4, -0.2) is 9.55 Å². The molecule has 0 amide bonds. The quantitative estimate of drug-likeness (QED) is 0.161. The van der Waals surface area contributed by atoms with E-state index < -0.39 is 0 Å². The van der Waals surface area contributed by atoms with E-state index in [1.54, 1.807) is 6.07 Å². The molecule has 0 N–H and O–H groups in total. The van der Waals surface area contributed by atoms with Gasteiger partial charge in [-0.3, -0.25) is 0 Å². The molecule has 2 aromatic heterocycles. The Labute approximate surface area is 371 Å². The number of para-hydroxylation sites is 1. The van der Waals surface area contributed by atoms with Crippen molar-refractivity contribution in [3.05, 3.63) is 150 Å². The SMILES string of the molecule is CC(C)(C)c1cc(N2[CH-]N(c3[c-]c(Oc4[c-]c5c(c(C#N)c4)c4ccccc4n5-c4cc(C(C)(C)C)ccn4)ccc3)c3cc(C(C)(C)C)ccc32)cc(C(C)(C)C)c1.[Pt]. The summed E-state index contributed by atoms with van der Waals surface area (Å²) in [5.41, 5.74) is 11.1.